The molecule has 21 heavy (non-hydrogen) atoms. The molecule has 2 saturated heterocycles. The third kappa shape index (κ3) is 3.86. The number of urea groups is 1. The van der Waals surface area contributed by atoms with E-state index in [2.05, 4.69) is 17.6 Å². The van der Waals surface area contributed by atoms with E-state index in [-0.39, 0.29) is 17.7 Å². The Balaban J connectivity index is 1.44. The molecule has 0 bridgehead atoms. The molecule has 1 saturated carbocycles. The Kier molecular flexibility index (Phi) is 4.69. The number of nitrogens with one attached hydrogen (secondary N) is 2. The summed E-state index contributed by atoms with van der Waals surface area (Å²) >= 11 is 1.97. The second-order valence-electron chi connectivity index (χ2n) is 7.37. The minimum absolute atomic E-state index is 0.0100. The second-order valence-corrected chi connectivity index (χ2v) is 8.47. The number of amides is 2. The molecule has 3 aliphatic rings. The summed E-state index contributed by atoms with van der Waals surface area (Å²) in [5.41, 5.74) is 0.356. The van der Waals surface area contributed by atoms with Crippen LogP contribution in [0, 0.1) is 5.41 Å². The van der Waals surface area contributed by atoms with Crippen LogP contribution in [0.15, 0.2) is 0 Å². The van der Waals surface area contributed by atoms with Gasteiger partial charge in [0.15, 0.2) is 0 Å². The summed E-state index contributed by atoms with van der Waals surface area (Å²) in [6.45, 7) is 3.88. The van der Waals surface area contributed by atoms with Gasteiger partial charge in [0, 0.05) is 24.9 Å². The van der Waals surface area contributed by atoms with Gasteiger partial charge in [-0.2, -0.15) is 11.8 Å². The number of thioether (sulfide) groups is 1. The number of hydrogen-bond donors (Lipinski definition) is 2. The first-order valence-electron chi connectivity index (χ1n) is 8.35. The van der Waals surface area contributed by atoms with Crippen molar-refractivity contribution in [1.29, 1.82) is 0 Å². The van der Waals surface area contributed by atoms with Crippen molar-refractivity contribution < 1.29 is 9.53 Å². The van der Waals surface area contributed by atoms with Crippen molar-refractivity contribution >= 4 is 17.8 Å². The maximum atomic E-state index is 12.1. The van der Waals surface area contributed by atoms with Gasteiger partial charge < -0.3 is 15.4 Å². The predicted octanol–water partition coefficient (Wildman–Crippen LogP) is 2.92. The van der Waals surface area contributed by atoms with Crippen LogP contribution in [-0.4, -0.2) is 42.3 Å². The molecule has 0 aromatic rings. The fourth-order valence-electron chi connectivity index (χ4n) is 3.95. The lowest BCUT2D eigenvalue weighted by Gasteiger charge is -2.38. The van der Waals surface area contributed by atoms with Gasteiger partial charge in [-0.05, 0) is 43.3 Å². The van der Waals surface area contributed by atoms with Crippen molar-refractivity contribution in [3.63, 3.8) is 0 Å². The topological polar surface area (TPSA) is 50.4 Å². The quantitative estimate of drug-likeness (QED) is 0.842. The van der Waals surface area contributed by atoms with Gasteiger partial charge in [0.05, 0.1) is 5.60 Å². The van der Waals surface area contributed by atoms with Crippen molar-refractivity contribution in [3.8, 4) is 0 Å². The van der Waals surface area contributed by atoms with Crippen molar-refractivity contribution in [1.82, 2.24) is 10.6 Å². The summed E-state index contributed by atoms with van der Waals surface area (Å²) in [6.07, 6.45) is 8.15. The van der Waals surface area contributed by atoms with Crippen LogP contribution in [0.25, 0.3) is 0 Å². The first-order valence-corrected chi connectivity index (χ1v) is 9.51. The van der Waals surface area contributed by atoms with Crippen LogP contribution in [0.2, 0.25) is 0 Å². The van der Waals surface area contributed by atoms with E-state index in [4.69, 9.17) is 4.74 Å². The molecule has 3 rings (SSSR count). The summed E-state index contributed by atoms with van der Waals surface area (Å²) in [6, 6.07) is 0.282. The highest BCUT2D eigenvalue weighted by Gasteiger charge is 2.40. The van der Waals surface area contributed by atoms with Gasteiger partial charge in [0.25, 0.3) is 0 Å². The molecule has 0 aromatic heterocycles. The molecule has 0 radical (unpaired) electrons. The molecule has 0 unspecified atom stereocenters. The molecule has 3 fully saturated rings. The molecular formula is C16H28N2O2S. The highest BCUT2D eigenvalue weighted by Crippen LogP contribution is 2.38. The number of ether oxygens (including phenoxy) is 1. The van der Waals surface area contributed by atoms with Crippen LogP contribution in [0.5, 0.6) is 0 Å². The summed E-state index contributed by atoms with van der Waals surface area (Å²) in [5, 5.41) is 6.27. The molecule has 2 aliphatic heterocycles. The van der Waals surface area contributed by atoms with Crippen LogP contribution in [0.4, 0.5) is 4.79 Å². The lowest BCUT2D eigenvalue weighted by Crippen LogP contribution is -2.51. The molecule has 120 valence electrons. The Hall–Kier alpha value is -0.420. The SMILES string of the molecule is CC1(CNC(=O)N[C@H]2CCO[C@]3(CCSC3)C2)CCCC1. The van der Waals surface area contributed by atoms with E-state index in [0.717, 1.165) is 38.2 Å². The van der Waals surface area contributed by atoms with Gasteiger partial charge >= 0.3 is 6.03 Å². The second kappa shape index (κ2) is 6.37. The molecule has 1 spiro atoms. The zero-order valence-corrected chi connectivity index (χ0v) is 13.9. The molecule has 2 heterocycles. The maximum Gasteiger partial charge on any atom is 0.315 e. The molecule has 5 heteroatoms. The molecule has 1 aliphatic carbocycles. The van der Waals surface area contributed by atoms with E-state index in [1.54, 1.807) is 0 Å². The highest BCUT2D eigenvalue weighted by molar-refractivity contribution is 7.99. The molecular weight excluding hydrogens is 284 g/mol. The highest BCUT2D eigenvalue weighted by atomic mass is 32.2. The Morgan fingerprint density at radius 3 is 2.86 bits per heavy atom. The molecule has 4 nitrogen and oxygen atoms in total. The minimum atomic E-state index is 0.0100. The lowest BCUT2D eigenvalue weighted by atomic mass is 9.89. The normalized spacial score (nSPS) is 35.0. The van der Waals surface area contributed by atoms with E-state index in [0.29, 0.717) is 5.41 Å². The average molecular weight is 312 g/mol. The summed E-state index contributed by atoms with van der Waals surface area (Å²) in [4.78, 5) is 12.1. The van der Waals surface area contributed by atoms with Gasteiger partial charge in [-0.3, -0.25) is 0 Å². The number of hydrogen-bond acceptors (Lipinski definition) is 3. The molecule has 2 N–H and O–H groups in total. The van der Waals surface area contributed by atoms with E-state index in [1.165, 1.54) is 31.4 Å². The maximum absolute atomic E-state index is 12.1. The van der Waals surface area contributed by atoms with Gasteiger partial charge in [-0.1, -0.05) is 19.8 Å². The van der Waals surface area contributed by atoms with Gasteiger partial charge in [0.1, 0.15) is 0 Å². The fraction of sp³-hybridized carbons (Fsp3) is 0.938. The molecule has 2 amide bonds. The van der Waals surface area contributed by atoms with Gasteiger partial charge in [-0.15, -0.1) is 0 Å². The Bertz CT molecular complexity index is 376. The number of rotatable bonds is 3. The third-order valence-corrected chi connectivity index (χ3v) is 6.60. The minimum Gasteiger partial charge on any atom is -0.374 e. The standard InChI is InChI=1S/C16H28N2O2S/c1-15(5-2-3-6-15)11-17-14(19)18-13-4-8-20-16(10-13)7-9-21-12-16/h13H,2-12H2,1H3,(H2,17,18,19)/t13-,16+/m0/s1. The van der Waals surface area contributed by atoms with E-state index >= 15 is 0 Å². The number of carbonyl (C=O) groups is 1. The van der Waals surface area contributed by atoms with Gasteiger partial charge in [-0.25, -0.2) is 4.79 Å². The van der Waals surface area contributed by atoms with Crippen LogP contribution >= 0.6 is 11.8 Å². The van der Waals surface area contributed by atoms with Gasteiger partial charge in [0.2, 0.25) is 0 Å². The predicted molar refractivity (Wildman–Crippen MR) is 86.8 cm³/mol. The number of carbonyl (C=O) groups excluding carboxylic acids is 1. The molecule has 0 aromatic carbocycles. The van der Waals surface area contributed by atoms with E-state index < -0.39 is 0 Å². The van der Waals surface area contributed by atoms with E-state index in [9.17, 15) is 4.79 Å². The largest absolute Gasteiger partial charge is 0.374 e. The first kappa shape index (κ1) is 15.5. The Morgan fingerprint density at radius 2 is 2.14 bits per heavy atom. The van der Waals surface area contributed by atoms with Crippen LogP contribution in [0.1, 0.15) is 51.9 Å². The van der Waals surface area contributed by atoms with Crippen LogP contribution in [0.3, 0.4) is 0 Å². The van der Waals surface area contributed by atoms with Crippen LogP contribution in [-0.2, 0) is 4.74 Å². The summed E-state index contributed by atoms with van der Waals surface area (Å²) < 4.78 is 6.00. The van der Waals surface area contributed by atoms with Crippen molar-refractivity contribution in [2.75, 3.05) is 24.7 Å². The summed E-state index contributed by atoms with van der Waals surface area (Å²) in [5.74, 6) is 2.28. The Labute approximate surface area is 132 Å². The average Bonchev–Trinajstić information content (AvgIpc) is 3.08. The van der Waals surface area contributed by atoms with Crippen LogP contribution < -0.4 is 10.6 Å². The zero-order valence-electron chi connectivity index (χ0n) is 13.1. The van der Waals surface area contributed by atoms with Crippen molar-refractivity contribution in [2.45, 2.75) is 63.5 Å². The fourth-order valence-corrected chi connectivity index (χ4v) is 5.33. The Morgan fingerprint density at radius 1 is 1.33 bits per heavy atom. The smallest absolute Gasteiger partial charge is 0.315 e. The zero-order chi connectivity index (χ0) is 14.8. The monoisotopic (exact) mass is 312 g/mol. The third-order valence-electron chi connectivity index (χ3n) is 5.38. The summed E-state index contributed by atoms with van der Waals surface area (Å²) in [7, 11) is 0. The van der Waals surface area contributed by atoms with E-state index in [1.807, 2.05) is 11.8 Å². The first-order chi connectivity index (χ1) is 10.1. The van der Waals surface area contributed by atoms with Crippen molar-refractivity contribution in [2.24, 2.45) is 5.41 Å². The molecule has 2 atom stereocenters. The van der Waals surface area contributed by atoms with Crippen molar-refractivity contribution in [3.05, 3.63) is 0 Å². The lowest BCUT2D eigenvalue weighted by molar-refractivity contribution is -0.0684.